The molecule has 34 heavy (non-hydrogen) atoms. The topological polar surface area (TPSA) is 122 Å². The van der Waals surface area contributed by atoms with Crippen LogP contribution in [-0.4, -0.2) is 58.7 Å². The third kappa shape index (κ3) is 5.10. The molecule has 2 aliphatic rings. The van der Waals surface area contributed by atoms with E-state index in [2.05, 4.69) is 20.6 Å². The van der Waals surface area contributed by atoms with Crippen LogP contribution in [0.3, 0.4) is 0 Å². The molecule has 2 aliphatic heterocycles. The van der Waals surface area contributed by atoms with E-state index >= 15 is 0 Å². The Morgan fingerprint density at radius 2 is 2.21 bits per heavy atom. The molecule has 0 aliphatic carbocycles. The summed E-state index contributed by atoms with van der Waals surface area (Å²) in [5.41, 5.74) is 3.41. The van der Waals surface area contributed by atoms with Crippen LogP contribution in [0.1, 0.15) is 27.3 Å². The summed E-state index contributed by atoms with van der Waals surface area (Å²) in [6, 6.07) is 4.77. The normalized spacial score (nSPS) is 17.8. The number of fused-ring (bicyclic) bond motifs is 3. The first kappa shape index (κ1) is 23.5. The minimum atomic E-state index is -4.49. The SMILES string of the molecule is N#Cc1cc(NC(=O)N2CCc3nn4c(c3C2)C(=O)NOC(COCC(F)(F)F)C4)ccc1F. The Balaban J connectivity index is 1.46. The van der Waals surface area contributed by atoms with Crippen LogP contribution >= 0.6 is 0 Å². The van der Waals surface area contributed by atoms with Crippen molar-refractivity contribution in [2.45, 2.75) is 31.8 Å². The Hall–Kier alpha value is -3.70. The maximum Gasteiger partial charge on any atom is 0.411 e. The number of nitrogens with zero attached hydrogens (tertiary/aromatic N) is 4. The molecule has 0 radical (unpaired) electrons. The van der Waals surface area contributed by atoms with Gasteiger partial charge in [-0.05, 0) is 18.2 Å². The highest BCUT2D eigenvalue weighted by Crippen LogP contribution is 2.25. The van der Waals surface area contributed by atoms with Gasteiger partial charge in [-0.3, -0.25) is 14.3 Å². The smallest absolute Gasteiger partial charge is 0.369 e. The number of hydroxylamine groups is 1. The van der Waals surface area contributed by atoms with Crippen molar-refractivity contribution in [2.75, 3.05) is 25.1 Å². The van der Waals surface area contributed by atoms with Gasteiger partial charge in [0.2, 0.25) is 0 Å². The van der Waals surface area contributed by atoms with E-state index < -0.39 is 43.2 Å². The predicted octanol–water partition coefficient (Wildman–Crippen LogP) is 2.11. The summed E-state index contributed by atoms with van der Waals surface area (Å²) in [5, 5.41) is 15.9. The molecule has 180 valence electrons. The van der Waals surface area contributed by atoms with Crippen molar-refractivity contribution < 1.29 is 36.7 Å². The summed E-state index contributed by atoms with van der Waals surface area (Å²) in [6.07, 6.45) is -5.06. The predicted molar refractivity (Wildman–Crippen MR) is 106 cm³/mol. The molecular weight excluding hydrogens is 464 g/mol. The van der Waals surface area contributed by atoms with Crippen LogP contribution in [0.25, 0.3) is 0 Å². The van der Waals surface area contributed by atoms with Crippen LogP contribution in [0.5, 0.6) is 0 Å². The fourth-order valence-electron chi connectivity index (χ4n) is 3.69. The van der Waals surface area contributed by atoms with Crippen LogP contribution in [0.2, 0.25) is 0 Å². The first-order valence-corrected chi connectivity index (χ1v) is 10.1. The summed E-state index contributed by atoms with van der Waals surface area (Å²) < 4.78 is 56.4. The molecule has 10 nitrogen and oxygen atoms in total. The number of nitriles is 1. The maximum absolute atomic E-state index is 13.5. The molecule has 2 N–H and O–H groups in total. The van der Waals surface area contributed by atoms with Gasteiger partial charge in [0.15, 0.2) is 0 Å². The summed E-state index contributed by atoms with van der Waals surface area (Å²) in [7, 11) is 0. The lowest BCUT2D eigenvalue weighted by atomic mass is 10.1. The molecule has 0 bridgehead atoms. The van der Waals surface area contributed by atoms with Crippen molar-refractivity contribution >= 4 is 17.6 Å². The van der Waals surface area contributed by atoms with Crippen LogP contribution in [0.4, 0.5) is 28.0 Å². The largest absolute Gasteiger partial charge is 0.411 e. The lowest BCUT2D eigenvalue weighted by Gasteiger charge is -2.27. The molecule has 3 heterocycles. The zero-order valence-corrected chi connectivity index (χ0v) is 17.5. The maximum atomic E-state index is 13.5. The van der Waals surface area contributed by atoms with Crippen LogP contribution in [0.15, 0.2) is 18.2 Å². The molecule has 0 spiro atoms. The van der Waals surface area contributed by atoms with E-state index in [1.165, 1.54) is 21.7 Å². The Bertz CT molecular complexity index is 1160. The molecule has 4 rings (SSSR count). The van der Waals surface area contributed by atoms with Crippen molar-refractivity contribution in [1.82, 2.24) is 20.2 Å². The number of rotatable bonds is 4. The summed E-state index contributed by atoms with van der Waals surface area (Å²) in [6.45, 7) is -1.58. The Morgan fingerprint density at radius 3 is 2.94 bits per heavy atom. The highest BCUT2D eigenvalue weighted by atomic mass is 19.4. The van der Waals surface area contributed by atoms with Gasteiger partial charge in [0.1, 0.15) is 30.3 Å². The zero-order chi connectivity index (χ0) is 24.5. The van der Waals surface area contributed by atoms with Gasteiger partial charge < -0.3 is 15.0 Å². The average Bonchev–Trinajstić information content (AvgIpc) is 3.06. The van der Waals surface area contributed by atoms with Crippen molar-refractivity contribution in [3.05, 3.63) is 46.5 Å². The number of amides is 3. The van der Waals surface area contributed by atoms with Gasteiger partial charge in [-0.15, -0.1) is 0 Å². The van der Waals surface area contributed by atoms with E-state index in [-0.39, 0.29) is 36.6 Å². The molecule has 1 unspecified atom stereocenters. The molecule has 3 amide bonds. The first-order chi connectivity index (χ1) is 16.1. The summed E-state index contributed by atoms with van der Waals surface area (Å²) >= 11 is 0. The Morgan fingerprint density at radius 1 is 1.41 bits per heavy atom. The molecular formula is C20H18F4N6O4. The number of hydrogen-bond donors (Lipinski definition) is 2. The monoisotopic (exact) mass is 482 g/mol. The standard InChI is InChI=1S/C20H18F4N6O4/c21-15-2-1-12(5-11(15)6-25)26-19(32)29-4-3-16-14(8-29)17-18(31)28-34-13(7-30(17)27-16)9-33-10-20(22,23)24/h1-2,5,13H,3-4,7-10H2,(H,26,32)(H,28,31). The number of benzene rings is 1. The second-order valence-corrected chi connectivity index (χ2v) is 7.67. The van der Waals surface area contributed by atoms with E-state index in [4.69, 9.17) is 10.1 Å². The van der Waals surface area contributed by atoms with Crippen molar-refractivity contribution in [3.63, 3.8) is 0 Å². The van der Waals surface area contributed by atoms with E-state index in [1.54, 1.807) is 6.07 Å². The molecule has 1 aromatic heterocycles. The lowest BCUT2D eigenvalue weighted by molar-refractivity contribution is -0.183. The minimum absolute atomic E-state index is 0.0301. The average molecular weight is 482 g/mol. The van der Waals surface area contributed by atoms with Gasteiger partial charge in [-0.2, -0.15) is 23.5 Å². The highest BCUT2D eigenvalue weighted by molar-refractivity contribution is 5.94. The Kier molecular flexibility index (Phi) is 6.40. The molecule has 0 saturated heterocycles. The summed E-state index contributed by atoms with van der Waals surface area (Å²) in [5.74, 6) is -1.35. The number of halogens is 4. The van der Waals surface area contributed by atoms with E-state index in [9.17, 15) is 27.2 Å². The third-order valence-electron chi connectivity index (χ3n) is 5.21. The van der Waals surface area contributed by atoms with Crippen molar-refractivity contribution in [3.8, 4) is 6.07 Å². The van der Waals surface area contributed by atoms with Gasteiger partial charge in [0, 0.05) is 24.2 Å². The third-order valence-corrected chi connectivity index (χ3v) is 5.21. The van der Waals surface area contributed by atoms with Gasteiger partial charge in [-0.1, -0.05) is 0 Å². The first-order valence-electron chi connectivity index (χ1n) is 10.1. The van der Waals surface area contributed by atoms with Gasteiger partial charge in [-0.25, -0.2) is 14.7 Å². The van der Waals surface area contributed by atoms with Gasteiger partial charge in [0.05, 0.1) is 31.0 Å². The number of alkyl halides is 3. The van der Waals surface area contributed by atoms with Gasteiger partial charge in [0.25, 0.3) is 5.91 Å². The fourth-order valence-corrected chi connectivity index (χ4v) is 3.69. The molecule has 1 atom stereocenters. The molecule has 1 aromatic carbocycles. The molecule has 0 saturated carbocycles. The number of urea groups is 1. The van der Waals surface area contributed by atoms with Crippen LogP contribution in [0, 0.1) is 17.1 Å². The van der Waals surface area contributed by atoms with E-state index in [0.717, 1.165) is 6.07 Å². The number of carbonyl (C=O) groups excluding carboxylic acids is 2. The number of hydrogen-bond acceptors (Lipinski definition) is 6. The fraction of sp³-hybridized carbons (Fsp3) is 0.400. The van der Waals surface area contributed by atoms with Gasteiger partial charge >= 0.3 is 12.2 Å². The number of ether oxygens (including phenoxy) is 1. The van der Waals surface area contributed by atoms with Crippen LogP contribution in [-0.2, 0) is 29.1 Å². The minimum Gasteiger partial charge on any atom is -0.369 e. The van der Waals surface area contributed by atoms with Crippen molar-refractivity contribution in [2.24, 2.45) is 0 Å². The van der Waals surface area contributed by atoms with Crippen LogP contribution < -0.4 is 10.8 Å². The molecule has 2 aromatic rings. The number of nitrogens with one attached hydrogen (secondary N) is 2. The summed E-state index contributed by atoms with van der Waals surface area (Å²) in [4.78, 5) is 31.9. The van der Waals surface area contributed by atoms with E-state index in [1.807, 2.05) is 0 Å². The number of anilines is 1. The molecule has 0 fully saturated rings. The second kappa shape index (κ2) is 9.27. The highest BCUT2D eigenvalue weighted by Gasteiger charge is 2.34. The zero-order valence-electron chi connectivity index (χ0n) is 17.5. The lowest BCUT2D eigenvalue weighted by Crippen LogP contribution is -2.39. The molecule has 14 heteroatoms. The Labute approximate surface area is 190 Å². The van der Waals surface area contributed by atoms with E-state index in [0.29, 0.717) is 17.7 Å². The number of aromatic nitrogens is 2. The quantitative estimate of drug-likeness (QED) is 0.644. The second-order valence-electron chi connectivity index (χ2n) is 7.67. The number of carbonyl (C=O) groups is 2. The van der Waals surface area contributed by atoms with Crippen molar-refractivity contribution in [1.29, 1.82) is 5.26 Å².